The first-order valence-corrected chi connectivity index (χ1v) is 8.32. The van der Waals surface area contributed by atoms with E-state index in [-0.39, 0.29) is 48.1 Å². The highest BCUT2D eigenvalue weighted by atomic mass is 35.5. The molecule has 3 rings (SSSR count). The molecule has 0 bridgehead atoms. The molecule has 2 aliphatic heterocycles. The lowest BCUT2D eigenvalue weighted by Crippen LogP contribution is -3.00. The van der Waals surface area contributed by atoms with Crippen LogP contribution in [0.3, 0.4) is 0 Å². The molecule has 11 heteroatoms. The van der Waals surface area contributed by atoms with Crippen molar-refractivity contribution in [2.45, 2.75) is 18.0 Å². The highest BCUT2D eigenvalue weighted by molar-refractivity contribution is 8.00. The summed E-state index contributed by atoms with van der Waals surface area (Å²) in [5.41, 5.74) is 6.26. The van der Waals surface area contributed by atoms with Gasteiger partial charge in [-0.15, -0.1) is 11.8 Å². The van der Waals surface area contributed by atoms with Gasteiger partial charge in [-0.25, -0.2) is 4.79 Å². The van der Waals surface area contributed by atoms with Crippen molar-refractivity contribution in [1.82, 2.24) is 4.90 Å². The van der Waals surface area contributed by atoms with Crippen LogP contribution in [0.15, 0.2) is 35.0 Å². The van der Waals surface area contributed by atoms with Crippen molar-refractivity contribution < 1.29 is 33.1 Å². The van der Waals surface area contributed by atoms with E-state index in [0.717, 1.165) is 0 Å². The minimum absolute atomic E-state index is 0. The summed E-state index contributed by atoms with van der Waals surface area (Å²) >= 11 is 7.46. The first-order chi connectivity index (χ1) is 11.4. The second kappa shape index (κ2) is 7.61. The summed E-state index contributed by atoms with van der Waals surface area (Å²) in [6, 6.07) is 4.98. The molecule has 1 aromatic carbocycles. The van der Waals surface area contributed by atoms with E-state index < -0.39 is 16.9 Å². The molecule has 2 heterocycles. The highest BCUT2D eigenvalue weighted by Crippen LogP contribution is 2.40. The average Bonchev–Trinajstić information content (AvgIpc) is 2.59. The lowest BCUT2D eigenvalue weighted by molar-refractivity contribution is -0.384. The number of fused-ring (bicyclic) bond motifs is 1. The summed E-state index contributed by atoms with van der Waals surface area (Å²) in [6.07, 6.45) is 0. The molecular formula is C14H13Cl2N3O5S. The Morgan fingerprint density at radius 1 is 1.48 bits per heavy atom. The minimum Gasteiger partial charge on any atom is -1.00 e. The molecule has 2 atom stereocenters. The number of benzene rings is 1. The van der Waals surface area contributed by atoms with Crippen LogP contribution in [0.2, 0.25) is 0 Å². The number of non-ortho nitro benzene ring substituents is 1. The van der Waals surface area contributed by atoms with Crippen molar-refractivity contribution in [2.24, 2.45) is 5.73 Å². The molecule has 0 spiro atoms. The Labute approximate surface area is 159 Å². The van der Waals surface area contributed by atoms with E-state index in [1.54, 1.807) is 0 Å². The summed E-state index contributed by atoms with van der Waals surface area (Å²) in [4.78, 5) is 35.5. The van der Waals surface area contributed by atoms with Crippen LogP contribution in [-0.4, -0.2) is 38.9 Å². The Morgan fingerprint density at radius 3 is 2.72 bits per heavy atom. The van der Waals surface area contributed by atoms with Gasteiger partial charge in [-0.2, -0.15) is 0 Å². The van der Waals surface area contributed by atoms with E-state index in [4.69, 9.17) is 22.1 Å². The Morgan fingerprint density at radius 2 is 2.12 bits per heavy atom. The number of thioether (sulfide) groups is 1. The number of nitrogens with two attached hydrogens (primary N) is 1. The zero-order valence-corrected chi connectivity index (χ0v) is 14.9. The maximum Gasteiger partial charge on any atom is 1.00 e. The fourth-order valence-corrected chi connectivity index (χ4v) is 3.89. The third-order valence-electron chi connectivity index (χ3n) is 3.67. The molecule has 0 aromatic heterocycles. The van der Waals surface area contributed by atoms with Gasteiger partial charge in [0.1, 0.15) is 23.7 Å². The van der Waals surface area contributed by atoms with Crippen molar-refractivity contribution >= 4 is 40.9 Å². The van der Waals surface area contributed by atoms with Crippen LogP contribution >= 0.6 is 23.4 Å². The normalized spacial score (nSPS) is 21.8. The molecule has 1 saturated heterocycles. The second-order valence-electron chi connectivity index (χ2n) is 5.19. The van der Waals surface area contributed by atoms with Crippen molar-refractivity contribution in [1.29, 1.82) is 0 Å². The fourth-order valence-electron chi connectivity index (χ4n) is 2.40. The van der Waals surface area contributed by atoms with Crippen LogP contribution in [-0.2, 0) is 20.9 Å². The number of esters is 1. The standard InChI is InChI=1S/C14H12ClN3O5S.ClH/c15-9-6-24-13-10(16)12(19)17(13)11(9)14(20)23-5-7-1-3-8(4-2-7)18(21)22;/h1-4,10,13H,5-6,16H2;1H/t10-,13-;/m1./s1. The van der Waals surface area contributed by atoms with Gasteiger partial charge in [0.15, 0.2) is 0 Å². The van der Waals surface area contributed by atoms with Crippen molar-refractivity contribution in [2.75, 3.05) is 5.75 Å². The predicted molar refractivity (Wildman–Crippen MR) is 88.0 cm³/mol. The predicted octanol–water partition coefficient (Wildman–Crippen LogP) is -1.55. The van der Waals surface area contributed by atoms with Crippen molar-refractivity contribution in [3.63, 3.8) is 0 Å². The van der Waals surface area contributed by atoms with Crippen molar-refractivity contribution in [3.05, 3.63) is 50.7 Å². The number of β-lactam (4-membered cyclic amide) rings is 1. The topological polar surface area (TPSA) is 116 Å². The number of hydrogen-bond acceptors (Lipinski definition) is 7. The number of carbonyl (C=O) groups is 2. The van der Waals surface area contributed by atoms with E-state index in [9.17, 15) is 19.7 Å². The largest absolute Gasteiger partial charge is 1.00 e. The smallest absolute Gasteiger partial charge is 1.00 e. The van der Waals surface area contributed by atoms with Gasteiger partial charge in [-0.3, -0.25) is 19.8 Å². The number of halogens is 2. The number of nitrogens with zero attached hydrogens (tertiary/aromatic N) is 2. The molecule has 25 heavy (non-hydrogen) atoms. The molecule has 1 aromatic rings. The molecule has 2 aliphatic rings. The Balaban J connectivity index is 0.00000169. The van der Waals surface area contributed by atoms with Gasteiger partial charge in [0.2, 0.25) is 5.91 Å². The van der Waals surface area contributed by atoms with Gasteiger partial charge >= 0.3 is 7.40 Å². The lowest BCUT2D eigenvalue weighted by atomic mass is 10.1. The molecule has 2 N–H and O–H groups in total. The zero-order chi connectivity index (χ0) is 17.4. The molecule has 1 amide bonds. The minimum atomic E-state index is -0.719. The lowest BCUT2D eigenvalue weighted by Gasteiger charge is -2.47. The molecule has 0 saturated carbocycles. The van der Waals surface area contributed by atoms with Gasteiger partial charge < -0.3 is 22.9 Å². The first-order valence-electron chi connectivity index (χ1n) is 6.89. The van der Waals surface area contributed by atoms with E-state index in [1.807, 2.05) is 0 Å². The van der Waals surface area contributed by atoms with Gasteiger partial charge in [0, 0.05) is 17.9 Å². The van der Waals surface area contributed by atoms with Gasteiger partial charge in [-0.05, 0) is 17.7 Å². The van der Waals surface area contributed by atoms with Crippen LogP contribution in [0.25, 0.3) is 0 Å². The SMILES string of the molecule is N[C@@H]1C(=O)N2C(C(=O)OCc3ccc([N+](=O)[O-])cc3)=C(Cl)CS[C@H]12.[Cl-].[H+]. The highest BCUT2D eigenvalue weighted by Gasteiger charge is 2.52. The number of hydrogen-bond donors (Lipinski definition) is 1. The van der Waals surface area contributed by atoms with Crippen LogP contribution in [0.1, 0.15) is 6.99 Å². The number of ether oxygens (including phenoxy) is 1. The first kappa shape index (κ1) is 19.5. The third-order valence-corrected chi connectivity index (χ3v) is 5.45. The molecule has 8 nitrogen and oxygen atoms in total. The van der Waals surface area contributed by atoms with Crippen molar-refractivity contribution in [3.8, 4) is 0 Å². The Hall–Kier alpha value is -1.81. The third kappa shape index (κ3) is 3.59. The average molecular weight is 406 g/mol. The summed E-state index contributed by atoms with van der Waals surface area (Å²) in [6.45, 7) is -0.0869. The van der Waals surface area contributed by atoms with Gasteiger partial charge in [-0.1, -0.05) is 11.6 Å². The number of carbonyl (C=O) groups excluding carboxylic acids is 2. The quantitative estimate of drug-likeness (QED) is 0.279. The van der Waals surface area contributed by atoms with Crippen LogP contribution in [0.4, 0.5) is 5.69 Å². The molecule has 1 fully saturated rings. The number of amides is 1. The summed E-state index contributed by atoms with van der Waals surface area (Å²) in [7, 11) is 0. The molecule has 0 radical (unpaired) electrons. The van der Waals surface area contributed by atoms with E-state index in [1.165, 1.54) is 40.9 Å². The summed E-state index contributed by atoms with van der Waals surface area (Å²) in [5.74, 6) is -0.706. The number of rotatable bonds is 4. The molecule has 0 unspecified atom stereocenters. The molecular weight excluding hydrogens is 393 g/mol. The number of nitro benzene ring substituents is 1. The van der Waals surface area contributed by atoms with Gasteiger partial charge in [0.25, 0.3) is 5.69 Å². The second-order valence-corrected chi connectivity index (χ2v) is 6.75. The van der Waals surface area contributed by atoms with E-state index in [0.29, 0.717) is 11.3 Å². The van der Waals surface area contributed by atoms with Crippen LogP contribution < -0.4 is 18.1 Å². The Bertz CT molecular complexity index is 761. The zero-order valence-electron chi connectivity index (χ0n) is 13.6. The monoisotopic (exact) mass is 405 g/mol. The number of nitro groups is 1. The summed E-state index contributed by atoms with van der Waals surface area (Å²) in [5, 5.41) is 10.5. The molecule has 134 valence electrons. The maximum atomic E-state index is 12.3. The Kier molecular flexibility index (Phi) is 5.94. The fraction of sp³-hybridized carbons (Fsp3) is 0.286. The molecule has 0 aliphatic carbocycles. The van der Waals surface area contributed by atoms with Crippen LogP contribution in [0, 0.1) is 10.1 Å². The summed E-state index contributed by atoms with van der Waals surface area (Å²) < 4.78 is 5.18. The maximum absolute atomic E-state index is 12.3. The van der Waals surface area contributed by atoms with Gasteiger partial charge in [0.05, 0.1) is 9.96 Å². The van der Waals surface area contributed by atoms with Crippen LogP contribution in [0.5, 0.6) is 0 Å². The van der Waals surface area contributed by atoms with E-state index in [2.05, 4.69) is 0 Å². The van der Waals surface area contributed by atoms with E-state index >= 15 is 0 Å².